The fourth-order valence-corrected chi connectivity index (χ4v) is 1.71. The molecule has 1 heterocycles. The lowest BCUT2D eigenvalue weighted by Gasteiger charge is -2.30. The fraction of sp³-hybridized carbons (Fsp3) is 0.750. The predicted octanol–water partition coefficient (Wildman–Crippen LogP) is 0.235. The summed E-state index contributed by atoms with van der Waals surface area (Å²) in [4.78, 5) is 13.8. The number of hydrogen-bond donors (Lipinski definition) is 1. The molecule has 1 amide bonds. The molecule has 1 N–H and O–H groups in total. The van der Waals surface area contributed by atoms with E-state index in [9.17, 15) is 4.79 Å². The average molecular weight is 224 g/mol. The maximum atomic E-state index is 12.0. The second-order valence-corrected chi connectivity index (χ2v) is 3.95. The van der Waals surface area contributed by atoms with E-state index in [0.29, 0.717) is 26.3 Å². The van der Waals surface area contributed by atoms with Crippen LogP contribution in [0, 0.1) is 12.3 Å². The Balaban J connectivity index is 2.43. The summed E-state index contributed by atoms with van der Waals surface area (Å²) >= 11 is 0. The number of carbonyl (C=O) groups is 1. The van der Waals surface area contributed by atoms with Gasteiger partial charge in [0, 0.05) is 13.1 Å². The molecule has 16 heavy (non-hydrogen) atoms. The van der Waals surface area contributed by atoms with Crippen molar-refractivity contribution < 1.29 is 9.53 Å². The van der Waals surface area contributed by atoms with Crippen LogP contribution in [0.4, 0.5) is 0 Å². The zero-order valence-corrected chi connectivity index (χ0v) is 10.0. The molecule has 1 aliphatic heterocycles. The molecular formula is C12H20N2O2. The minimum absolute atomic E-state index is 0.0278. The summed E-state index contributed by atoms with van der Waals surface area (Å²) in [6.07, 6.45) is 6.18. The zero-order valence-electron chi connectivity index (χ0n) is 10.0. The van der Waals surface area contributed by atoms with Crippen LogP contribution in [0.15, 0.2) is 0 Å². The summed E-state index contributed by atoms with van der Waals surface area (Å²) in [5.74, 6) is 2.74. The molecule has 4 heteroatoms. The molecule has 2 atom stereocenters. The first-order valence-electron chi connectivity index (χ1n) is 5.77. The number of rotatable bonds is 4. The molecular weight excluding hydrogens is 204 g/mol. The van der Waals surface area contributed by atoms with E-state index in [1.54, 1.807) is 0 Å². The molecule has 2 unspecified atom stereocenters. The average Bonchev–Trinajstić information content (AvgIpc) is 2.35. The number of nitrogens with zero attached hydrogens (tertiary/aromatic N) is 1. The van der Waals surface area contributed by atoms with Crippen molar-refractivity contribution in [3.63, 3.8) is 0 Å². The Bertz CT molecular complexity index is 267. The van der Waals surface area contributed by atoms with Gasteiger partial charge in [-0.2, -0.15) is 0 Å². The smallest absolute Gasteiger partial charge is 0.239 e. The van der Waals surface area contributed by atoms with E-state index in [-0.39, 0.29) is 18.0 Å². The summed E-state index contributed by atoms with van der Waals surface area (Å²) in [6.45, 7) is 6.48. The molecule has 1 saturated heterocycles. The number of morpholine rings is 1. The summed E-state index contributed by atoms with van der Waals surface area (Å²) < 4.78 is 5.21. The molecule has 0 aliphatic carbocycles. The van der Waals surface area contributed by atoms with Crippen molar-refractivity contribution in [3.8, 4) is 12.3 Å². The normalized spacial score (nSPS) is 19.9. The van der Waals surface area contributed by atoms with Gasteiger partial charge in [0.2, 0.25) is 5.91 Å². The zero-order chi connectivity index (χ0) is 12.0. The van der Waals surface area contributed by atoms with Crippen molar-refractivity contribution in [1.82, 2.24) is 10.2 Å². The highest BCUT2D eigenvalue weighted by atomic mass is 16.5. The van der Waals surface area contributed by atoms with E-state index in [1.165, 1.54) is 0 Å². The van der Waals surface area contributed by atoms with E-state index in [1.807, 2.05) is 18.7 Å². The molecule has 90 valence electrons. The molecule has 0 aromatic rings. The summed E-state index contributed by atoms with van der Waals surface area (Å²) in [6, 6.07) is -0.251. The van der Waals surface area contributed by atoms with Crippen LogP contribution in [0.3, 0.4) is 0 Å². The Morgan fingerprint density at radius 1 is 1.56 bits per heavy atom. The van der Waals surface area contributed by atoms with Crippen molar-refractivity contribution in [2.45, 2.75) is 32.4 Å². The Kier molecular flexibility index (Phi) is 5.30. The standard InChI is InChI=1S/C12H20N2O2/c1-4-11(5-2)13-10(3)12(15)14-6-8-16-9-7-14/h1,10-11,13H,5-9H2,2-3H3. The third-order valence-corrected chi connectivity index (χ3v) is 2.75. The molecule has 0 spiro atoms. The lowest BCUT2D eigenvalue weighted by atomic mass is 10.2. The lowest BCUT2D eigenvalue weighted by Crippen LogP contribution is -2.51. The first-order valence-corrected chi connectivity index (χ1v) is 5.77. The molecule has 0 aromatic carbocycles. The second kappa shape index (κ2) is 6.51. The summed E-state index contributed by atoms with van der Waals surface area (Å²) in [7, 11) is 0. The van der Waals surface area contributed by atoms with E-state index < -0.39 is 0 Å². The van der Waals surface area contributed by atoms with E-state index in [4.69, 9.17) is 11.2 Å². The topological polar surface area (TPSA) is 41.6 Å². The van der Waals surface area contributed by atoms with Crippen LogP contribution in [-0.4, -0.2) is 49.2 Å². The lowest BCUT2D eigenvalue weighted by molar-refractivity contribution is -0.137. The largest absolute Gasteiger partial charge is 0.378 e. The molecule has 1 aliphatic rings. The van der Waals surface area contributed by atoms with Gasteiger partial charge < -0.3 is 9.64 Å². The molecule has 0 saturated carbocycles. The second-order valence-electron chi connectivity index (χ2n) is 3.95. The van der Waals surface area contributed by atoms with Crippen LogP contribution in [0.1, 0.15) is 20.3 Å². The first-order chi connectivity index (χ1) is 7.69. The van der Waals surface area contributed by atoms with Gasteiger partial charge in [0.05, 0.1) is 25.3 Å². The Morgan fingerprint density at radius 3 is 2.69 bits per heavy atom. The highest BCUT2D eigenvalue weighted by molar-refractivity contribution is 5.81. The van der Waals surface area contributed by atoms with Gasteiger partial charge in [0.1, 0.15) is 0 Å². The van der Waals surface area contributed by atoms with Crippen molar-refractivity contribution in [1.29, 1.82) is 0 Å². The van der Waals surface area contributed by atoms with Crippen molar-refractivity contribution in [3.05, 3.63) is 0 Å². The van der Waals surface area contributed by atoms with Gasteiger partial charge in [-0.1, -0.05) is 12.8 Å². The highest BCUT2D eigenvalue weighted by Gasteiger charge is 2.23. The minimum Gasteiger partial charge on any atom is -0.378 e. The molecule has 1 rings (SSSR count). The third-order valence-electron chi connectivity index (χ3n) is 2.75. The summed E-state index contributed by atoms with van der Waals surface area (Å²) in [5.41, 5.74) is 0. The quantitative estimate of drug-likeness (QED) is 0.695. The number of nitrogens with one attached hydrogen (secondary N) is 1. The Morgan fingerprint density at radius 2 is 2.19 bits per heavy atom. The molecule has 1 fully saturated rings. The molecule has 0 radical (unpaired) electrons. The molecule has 4 nitrogen and oxygen atoms in total. The Labute approximate surface area is 97.3 Å². The number of hydrogen-bond acceptors (Lipinski definition) is 3. The number of amides is 1. The van der Waals surface area contributed by atoms with Crippen LogP contribution in [0.5, 0.6) is 0 Å². The van der Waals surface area contributed by atoms with Gasteiger partial charge >= 0.3 is 0 Å². The van der Waals surface area contributed by atoms with E-state index in [0.717, 1.165) is 6.42 Å². The molecule has 0 aromatic heterocycles. The number of terminal acetylenes is 1. The van der Waals surface area contributed by atoms with Gasteiger partial charge in [-0.15, -0.1) is 6.42 Å². The third kappa shape index (κ3) is 3.51. The number of carbonyl (C=O) groups excluding carboxylic acids is 1. The van der Waals surface area contributed by atoms with Crippen LogP contribution >= 0.6 is 0 Å². The van der Waals surface area contributed by atoms with E-state index >= 15 is 0 Å². The van der Waals surface area contributed by atoms with Crippen LogP contribution in [0.2, 0.25) is 0 Å². The van der Waals surface area contributed by atoms with Crippen LogP contribution in [0.25, 0.3) is 0 Å². The SMILES string of the molecule is C#CC(CC)NC(C)C(=O)N1CCOCC1. The monoisotopic (exact) mass is 224 g/mol. The van der Waals surface area contributed by atoms with Crippen LogP contribution in [-0.2, 0) is 9.53 Å². The molecule has 0 bridgehead atoms. The minimum atomic E-state index is -0.223. The number of ether oxygens (including phenoxy) is 1. The van der Waals surface area contributed by atoms with Gasteiger partial charge in [0.15, 0.2) is 0 Å². The van der Waals surface area contributed by atoms with Crippen molar-refractivity contribution >= 4 is 5.91 Å². The first kappa shape index (κ1) is 13.0. The van der Waals surface area contributed by atoms with E-state index in [2.05, 4.69) is 11.2 Å². The highest BCUT2D eigenvalue weighted by Crippen LogP contribution is 2.02. The maximum Gasteiger partial charge on any atom is 0.239 e. The van der Waals surface area contributed by atoms with Crippen molar-refractivity contribution in [2.75, 3.05) is 26.3 Å². The van der Waals surface area contributed by atoms with Gasteiger partial charge in [-0.05, 0) is 13.3 Å². The van der Waals surface area contributed by atoms with Gasteiger partial charge in [-0.25, -0.2) is 0 Å². The van der Waals surface area contributed by atoms with Gasteiger partial charge in [-0.3, -0.25) is 10.1 Å². The van der Waals surface area contributed by atoms with Gasteiger partial charge in [0.25, 0.3) is 0 Å². The Hall–Kier alpha value is -1.05. The van der Waals surface area contributed by atoms with Crippen LogP contribution < -0.4 is 5.32 Å². The maximum absolute atomic E-state index is 12.0. The summed E-state index contributed by atoms with van der Waals surface area (Å²) in [5, 5.41) is 3.15. The fourth-order valence-electron chi connectivity index (χ4n) is 1.71. The van der Waals surface area contributed by atoms with Crippen molar-refractivity contribution in [2.24, 2.45) is 0 Å². The predicted molar refractivity (Wildman–Crippen MR) is 62.9 cm³/mol.